The molecule has 0 fully saturated rings. The molecule has 2 N–H and O–H groups in total. The molecule has 84 valence electrons. The lowest BCUT2D eigenvalue weighted by Gasteiger charge is -1.99. The first kappa shape index (κ1) is 9.77. The van der Waals surface area contributed by atoms with Gasteiger partial charge in [0.05, 0.1) is 11.9 Å². The van der Waals surface area contributed by atoms with Crippen molar-refractivity contribution in [1.82, 2.24) is 19.9 Å². The average molecular weight is 226 g/mol. The summed E-state index contributed by atoms with van der Waals surface area (Å²) >= 11 is 0. The van der Waals surface area contributed by atoms with Crippen LogP contribution in [0.4, 0.5) is 0 Å². The third kappa shape index (κ3) is 1.82. The fraction of sp³-hybridized carbons (Fsp3) is 0.0833. The van der Waals surface area contributed by atoms with Crippen molar-refractivity contribution in [2.24, 2.45) is 0 Å². The maximum atomic E-state index is 11.1. The molecule has 5 heteroatoms. The van der Waals surface area contributed by atoms with Crippen LogP contribution in [0.2, 0.25) is 0 Å². The minimum atomic E-state index is -0.289. The molecule has 2 aromatic rings. The summed E-state index contributed by atoms with van der Waals surface area (Å²) in [5.41, 5.74) is 2.40. The molecule has 1 aliphatic carbocycles. The van der Waals surface area contributed by atoms with Gasteiger partial charge in [0.1, 0.15) is 0 Å². The third-order valence-electron chi connectivity index (χ3n) is 2.51. The number of hydrogen-bond acceptors (Lipinski definition) is 3. The topological polar surface area (TPSA) is 74.4 Å². The molecule has 3 rings (SSSR count). The van der Waals surface area contributed by atoms with Gasteiger partial charge < -0.3 is 0 Å². The van der Waals surface area contributed by atoms with E-state index in [1.807, 2.05) is 18.2 Å². The average Bonchev–Trinajstić information content (AvgIpc) is 2.53. The first-order valence-corrected chi connectivity index (χ1v) is 5.32. The van der Waals surface area contributed by atoms with E-state index in [-0.39, 0.29) is 5.69 Å². The Kier molecular flexibility index (Phi) is 2.22. The van der Waals surface area contributed by atoms with Gasteiger partial charge in [-0.1, -0.05) is 30.4 Å². The van der Waals surface area contributed by atoms with E-state index < -0.39 is 0 Å². The van der Waals surface area contributed by atoms with Crippen LogP contribution in [-0.4, -0.2) is 19.9 Å². The van der Waals surface area contributed by atoms with Gasteiger partial charge in [-0.2, -0.15) is 0 Å². The van der Waals surface area contributed by atoms with Crippen LogP contribution in [0.15, 0.2) is 41.4 Å². The Bertz CT molecular complexity index is 703. The van der Waals surface area contributed by atoms with Crippen LogP contribution >= 0.6 is 0 Å². The quantitative estimate of drug-likeness (QED) is 0.774. The fourth-order valence-corrected chi connectivity index (χ4v) is 1.70. The van der Waals surface area contributed by atoms with E-state index in [1.54, 1.807) is 6.20 Å². The highest BCUT2D eigenvalue weighted by Gasteiger charge is 2.05. The zero-order valence-corrected chi connectivity index (χ0v) is 8.97. The molecule has 0 aromatic carbocycles. The lowest BCUT2D eigenvalue weighted by atomic mass is 10.2. The monoisotopic (exact) mass is 226 g/mol. The van der Waals surface area contributed by atoms with Crippen molar-refractivity contribution in [1.29, 1.82) is 0 Å². The molecule has 0 saturated heterocycles. The molecule has 0 unspecified atom stereocenters. The van der Waals surface area contributed by atoms with Gasteiger partial charge in [0.15, 0.2) is 11.3 Å². The minimum Gasteiger partial charge on any atom is -0.289 e. The highest BCUT2D eigenvalue weighted by molar-refractivity contribution is 5.76. The standard InChI is InChI=1S/C12H10N4O/c17-12-15-10-11(16-12)14-9(7-13-10)8-5-3-1-2-4-6-8/h1,3-7H,2H2,(H2,13,14,15,16,17). The number of nitrogens with one attached hydrogen (secondary N) is 2. The molecule has 2 heterocycles. The van der Waals surface area contributed by atoms with Crippen LogP contribution in [0.3, 0.4) is 0 Å². The fourth-order valence-electron chi connectivity index (χ4n) is 1.70. The molecule has 2 aromatic heterocycles. The summed E-state index contributed by atoms with van der Waals surface area (Å²) in [6, 6.07) is 0. The van der Waals surface area contributed by atoms with Crippen LogP contribution in [0.25, 0.3) is 16.9 Å². The van der Waals surface area contributed by atoms with E-state index in [0.29, 0.717) is 11.3 Å². The molecule has 0 radical (unpaired) electrons. The Morgan fingerprint density at radius 1 is 1.18 bits per heavy atom. The summed E-state index contributed by atoms with van der Waals surface area (Å²) in [6.07, 6.45) is 12.7. The highest BCUT2D eigenvalue weighted by atomic mass is 16.1. The zero-order valence-electron chi connectivity index (χ0n) is 8.97. The smallest absolute Gasteiger partial charge is 0.289 e. The summed E-state index contributed by atoms with van der Waals surface area (Å²) in [5.74, 6) is 0. The van der Waals surface area contributed by atoms with E-state index >= 15 is 0 Å². The number of allylic oxidation sites excluding steroid dienone is 6. The van der Waals surface area contributed by atoms with E-state index in [2.05, 4.69) is 32.1 Å². The van der Waals surface area contributed by atoms with E-state index in [1.165, 1.54) is 0 Å². The number of fused-ring (bicyclic) bond motifs is 1. The van der Waals surface area contributed by atoms with Crippen LogP contribution in [0.5, 0.6) is 0 Å². The molecular formula is C12H10N4O. The Hall–Kier alpha value is -2.43. The number of H-pyrrole nitrogens is 2. The molecule has 0 amide bonds. The Balaban J connectivity index is 2.14. The van der Waals surface area contributed by atoms with E-state index in [4.69, 9.17) is 0 Å². The molecule has 17 heavy (non-hydrogen) atoms. The van der Waals surface area contributed by atoms with Gasteiger partial charge in [-0.15, -0.1) is 0 Å². The van der Waals surface area contributed by atoms with Crippen molar-refractivity contribution in [3.63, 3.8) is 0 Å². The molecule has 0 aliphatic heterocycles. The van der Waals surface area contributed by atoms with Crippen LogP contribution in [-0.2, 0) is 0 Å². The summed E-state index contributed by atoms with van der Waals surface area (Å²) in [7, 11) is 0. The number of aromatic amines is 2. The Labute approximate surface area is 96.6 Å². The summed E-state index contributed by atoms with van der Waals surface area (Å²) in [6.45, 7) is 0. The van der Waals surface area contributed by atoms with Crippen molar-refractivity contribution in [3.8, 4) is 0 Å². The molecule has 0 spiro atoms. The van der Waals surface area contributed by atoms with Crippen molar-refractivity contribution >= 4 is 16.9 Å². The van der Waals surface area contributed by atoms with Crippen LogP contribution < -0.4 is 5.69 Å². The van der Waals surface area contributed by atoms with Crippen LogP contribution in [0, 0.1) is 0 Å². The van der Waals surface area contributed by atoms with Gasteiger partial charge >= 0.3 is 5.69 Å². The maximum absolute atomic E-state index is 11.1. The van der Waals surface area contributed by atoms with Gasteiger partial charge in [-0.25, -0.2) is 14.8 Å². The molecule has 0 atom stereocenters. The second-order valence-corrected chi connectivity index (χ2v) is 3.72. The van der Waals surface area contributed by atoms with Crippen molar-refractivity contribution < 1.29 is 0 Å². The Morgan fingerprint density at radius 2 is 2.06 bits per heavy atom. The molecular weight excluding hydrogens is 216 g/mol. The largest absolute Gasteiger partial charge is 0.326 e. The lowest BCUT2D eigenvalue weighted by molar-refractivity contribution is 1.20. The lowest BCUT2D eigenvalue weighted by Crippen LogP contribution is -1.99. The van der Waals surface area contributed by atoms with Gasteiger partial charge in [0, 0.05) is 5.57 Å². The second kappa shape index (κ2) is 3.86. The van der Waals surface area contributed by atoms with Crippen molar-refractivity contribution in [2.75, 3.05) is 0 Å². The van der Waals surface area contributed by atoms with Gasteiger partial charge in [-0.05, 0) is 6.42 Å². The van der Waals surface area contributed by atoms with Crippen LogP contribution in [0.1, 0.15) is 12.1 Å². The third-order valence-corrected chi connectivity index (χ3v) is 2.51. The zero-order chi connectivity index (χ0) is 11.7. The summed E-state index contributed by atoms with van der Waals surface area (Å²) < 4.78 is 0. The normalized spacial score (nSPS) is 14.9. The minimum absolute atomic E-state index is 0.289. The first-order chi connectivity index (χ1) is 8.33. The van der Waals surface area contributed by atoms with E-state index in [9.17, 15) is 4.79 Å². The number of nitrogens with zero attached hydrogens (tertiary/aromatic N) is 2. The van der Waals surface area contributed by atoms with Gasteiger partial charge in [-0.3, -0.25) is 9.97 Å². The molecule has 0 bridgehead atoms. The summed E-state index contributed by atoms with van der Waals surface area (Å²) in [5, 5.41) is 0. The predicted molar refractivity (Wildman–Crippen MR) is 65.4 cm³/mol. The predicted octanol–water partition coefficient (Wildman–Crippen LogP) is 1.55. The number of rotatable bonds is 1. The SMILES string of the molecule is O=c1[nH]c2ncc(C3=CC=CCC=C3)nc2[nH]1. The molecule has 0 saturated carbocycles. The Morgan fingerprint density at radius 3 is 3.00 bits per heavy atom. The molecule has 1 aliphatic rings. The second-order valence-electron chi connectivity index (χ2n) is 3.72. The maximum Gasteiger partial charge on any atom is 0.326 e. The number of hydrogen-bond donors (Lipinski definition) is 2. The van der Waals surface area contributed by atoms with E-state index in [0.717, 1.165) is 17.7 Å². The number of imidazole rings is 1. The van der Waals surface area contributed by atoms with Crippen molar-refractivity contribution in [2.45, 2.75) is 6.42 Å². The van der Waals surface area contributed by atoms with Crippen molar-refractivity contribution in [3.05, 3.63) is 52.8 Å². The van der Waals surface area contributed by atoms with Gasteiger partial charge in [0.25, 0.3) is 0 Å². The highest BCUT2D eigenvalue weighted by Crippen LogP contribution is 2.16. The van der Waals surface area contributed by atoms with Gasteiger partial charge in [0.2, 0.25) is 0 Å². The first-order valence-electron chi connectivity index (χ1n) is 5.32. The number of aromatic nitrogens is 4. The molecule has 5 nitrogen and oxygen atoms in total. The summed E-state index contributed by atoms with van der Waals surface area (Å²) in [4.78, 5) is 24.8.